The first kappa shape index (κ1) is 14.4. The number of carbonyl (C=O) groups is 1. The summed E-state index contributed by atoms with van der Waals surface area (Å²) in [5.74, 6) is -0.168. The summed E-state index contributed by atoms with van der Waals surface area (Å²) in [6, 6.07) is 0. The molecule has 0 spiro atoms. The number of hydrogen-bond acceptors (Lipinski definition) is 3. The fourth-order valence-electron chi connectivity index (χ4n) is 1.33. The molecule has 0 aliphatic heterocycles. The van der Waals surface area contributed by atoms with Gasteiger partial charge in [-0.2, -0.15) is 0 Å². The van der Waals surface area contributed by atoms with E-state index in [4.69, 9.17) is 9.47 Å². The van der Waals surface area contributed by atoms with Gasteiger partial charge in [0.25, 0.3) is 0 Å². The van der Waals surface area contributed by atoms with Gasteiger partial charge in [0, 0.05) is 6.61 Å². The van der Waals surface area contributed by atoms with Crippen LogP contribution in [0.25, 0.3) is 0 Å². The molecule has 0 aliphatic rings. The van der Waals surface area contributed by atoms with Crippen LogP contribution in [0.1, 0.15) is 52.9 Å². The summed E-state index contributed by atoms with van der Waals surface area (Å²) in [5.41, 5.74) is 0. The first-order valence-corrected chi connectivity index (χ1v) is 5.97. The molecule has 15 heavy (non-hydrogen) atoms. The van der Waals surface area contributed by atoms with Crippen molar-refractivity contribution in [3.63, 3.8) is 0 Å². The van der Waals surface area contributed by atoms with Gasteiger partial charge in [0.05, 0.1) is 19.1 Å². The minimum Gasteiger partial charge on any atom is -0.466 e. The molecule has 1 unspecified atom stereocenters. The summed E-state index contributed by atoms with van der Waals surface area (Å²) in [5, 5.41) is 0. The molecule has 0 N–H and O–H groups in total. The topological polar surface area (TPSA) is 35.5 Å². The smallest absolute Gasteiger partial charge is 0.308 e. The Morgan fingerprint density at radius 3 is 2.53 bits per heavy atom. The highest BCUT2D eigenvalue weighted by atomic mass is 16.5. The van der Waals surface area contributed by atoms with Gasteiger partial charge in [0.2, 0.25) is 0 Å². The van der Waals surface area contributed by atoms with Crippen molar-refractivity contribution in [2.45, 2.75) is 59.0 Å². The molecule has 0 saturated heterocycles. The maximum absolute atomic E-state index is 11.1. The van der Waals surface area contributed by atoms with Crippen LogP contribution in [0.5, 0.6) is 0 Å². The summed E-state index contributed by atoms with van der Waals surface area (Å²) in [6.45, 7) is 7.11. The molecule has 90 valence electrons. The van der Waals surface area contributed by atoms with Crippen molar-refractivity contribution >= 4 is 5.97 Å². The van der Waals surface area contributed by atoms with Crippen LogP contribution in [0.15, 0.2) is 0 Å². The van der Waals surface area contributed by atoms with Crippen LogP contribution in [0, 0.1) is 0 Å². The van der Waals surface area contributed by atoms with Gasteiger partial charge in [-0.05, 0) is 20.3 Å². The lowest BCUT2D eigenvalue weighted by atomic mass is 10.2. The van der Waals surface area contributed by atoms with Crippen LogP contribution in [0.3, 0.4) is 0 Å². The summed E-state index contributed by atoms with van der Waals surface area (Å²) in [4.78, 5) is 11.1. The van der Waals surface area contributed by atoms with E-state index in [0.717, 1.165) is 13.0 Å². The molecule has 3 nitrogen and oxygen atoms in total. The summed E-state index contributed by atoms with van der Waals surface area (Å²) >= 11 is 0. The lowest BCUT2D eigenvalue weighted by Crippen LogP contribution is -2.16. The average Bonchev–Trinajstić information content (AvgIpc) is 2.17. The molecule has 0 amide bonds. The van der Waals surface area contributed by atoms with Gasteiger partial charge in [-0.1, -0.05) is 26.2 Å². The number of esters is 1. The SMILES string of the molecule is CCCCCCOC(C)CC(=O)OCC. The Morgan fingerprint density at radius 2 is 1.93 bits per heavy atom. The van der Waals surface area contributed by atoms with E-state index < -0.39 is 0 Å². The number of carbonyl (C=O) groups excluding carboxylic acids is 1. The highest BCUT2D eigenvalue weighted by molar-refractivity contribution is 5.69. The fourth-order valence-corrected chi connectivity index (χ4v) is 1.33. The van der Waals surface area contributed by atoms with Gasteiger partial charge in [0.1, 0.15) is 0 Å². The van der Waals surface area contributed by atoms with E-state index in [-0.39, 0.29) is 12.1 Å². The van der Waals surface area contributed by atoms with Crippen LogP contribution in [-0.2, 0) is 14.3 Å². The standard InChI is InChI=1S/C12H24O3/c1-4-6-7-8-9-15-11(3)10-12(13)14-5-2/h11H,4-10H2,1-3H3. The third-order valence-corrected chi connectivity index (χ3v) is 2.16. The first-order valence-electron chi connectivity index (χ1n) is 5.97. The highest BCUT2D eigenvalue weighted by Gasteiger charge is 2.09. The zero-order chi connectivity index (χ0) is 11.5. The minimum atomic E-state index is -0.168. The molecule has 0 rings (SSSR count). The van der Waals surface area contributed by atoms with Crippen LogP contribution in [0.2, 0.25) is 0 Å². The molecule has 0 aliphatic carbocycles. The van der Waals surface area contributed by atoms with Crippen molar-refractivity contribution in [2.75, 3.05) is 13.2 Å². The van der Waals surface area contributed by atoms with E-state index in [2.05, 4.69) is 6.92 Å². The van der Waals surface area contributed by atoms with Gasteiger partial charge in [-0.15, -0.1) is 0 Å². The molecule has 0 radical (unpaired) electrons. The zero-order valence-corrected chi connectivity index (χ0v) is 10.3. The maximum Gasteiger partial charge on any atom is 0.308 e. The van der Waals surface area contributed by atoms with E-state index in [9.17, 15) is 4.79 Å². The van der Waals surface area contributed by atoms with Crippen molar-refractivity contribution in [3.05, 3.63) is 0 Å². The lowest BCUT2D eigenvalue weighted by Gasteiger charge is -2.11. The summed E-state index contributed by atoms with van der Waals surface area (Å²) in [7, 11) is 0. The quantitative estimate of drug-likeness (QED) is 0.439. The van der Waals surface area contributed by atoms with Crippen LogP contribution < -0.4 is 0 Å². The second-order valence-electron chi connectivity index (χ2n) is 3.75. The molecule has 0 saturated carbocycles. The summed E-state index contributed by atoms with van der Waals surface area (Å²) < 4.78 is 10.3. The Labute approximate surface area is 93.1 Å². The largest absolute Gasteiger partial charge is 0.466 e. The molecular formula is C12H24O3. The normalized spacial score (nSPS) is 12.5. The third-order valence-electron chi connectivity index (χ3n) is 2.16. The first-order chi connectivity index (χ1) is 7.20. The summed E-state index contributed by atoms with van der Waals surface area (Å²) in [6.07, 6.45) is 5.13. The predicted octanol–water partition coefficient (Wildman–Crippen LogP) is 2.93. The molecule has 3 heteroatoms. The number of unbranched alkanes of at least 4 members (excludes halogenated alkanes) is 3. The Morgan fingerprint density at radius 1 is 1.20 bits per heavy atom. The Kier molecular flexibility index (Phi) is 9.59. The van der Waals surface area contributed by atoms with E-state index in [1.54, 1.807) is 0 Å². The van der Waals surface area contributed by atoms with Crippen molar-refractivity contribution < 1.29 is 14.3 Å². The fraction of sp³-hybridized carbons (Fsp3) is 0.917. The highest BCUT2D eigenvalue weighted by Crippen LogP contribution is 2.03. The monoisotopic (exact) mass is 216 g/mol. The number of hydrogen-bond donors (Lipinski definition) is 0. The third kappa shape index (κ3) is 9.73. The van der Waals surface area contributed by atoms with E-state index in [0.29, 0.717) is 13.0 Å². The number of rotatable bonds is 9. The van der Waals surface area contributed by atoms with Crippen molar-refractivity contribution in [3.8, 4) is 0 Å². The zero-order valence-electron chi connectivity index (χ0n) is 10.3. The van der Waals surface area contributed by atoms with Gasteiger partial charge in [-0.25, -0.2) is 0 Å². The molecular weight excluding hydrogens is 192 g/mol. The van der Waals surface area contributed by atoms with Gasteiger partial charge >= 0.3 is 5.97 Å². The second-order valence-corrected chi connectivity index (χ2v) is 3.75. The van der Waals surface area contributed by atoms with E-state index in [1.165, 1.54) is 19.3 Å². The molecule has 0 aromatic rings. The lowest BCUT2D eigenvalue weighted by molar-refractivity contribution is -0.146. The maximum atomic E-state index is 11.1. The second kappa shape index (κ2) is 9.97. The minimum absolute atomic E-state index is 0.0225. The van der Waals surface area contributed by atoms with Gasteiger partial charge < -0.3 is 9.47 Å². The Balaban J connectivity index is 3.32. The van der Waals surface area contributed by atoms with E-state index in [1.807, 2.05) is 13.8 Å². The van der Waals surface area contributed by atoms with Crippen LogP contribution in [-0.4, -0.2) is 25.3 Å². The molecule has 0 aromatic carbocycles. The van der Waals surface area contributed by atoms with Crippen molar-refractivity contribution in [2.24, 2.45) is 0 Å². The van der Waals surface area contributed by atoms with Crippen LogP contribution >= 0.6 is 0 Å². The molecule has 0 heterocycles. The van der Waals surface area contributed by atoms with Crippen molar-refractivity contribution in [1.29, 1.82) is 0 Å². The predicted molar refractivity (Wildman–Crippen MR) is 60.8 cm³/mol. The molecule has 0 bridgehead atoms. The Hall–Kier alpha value is -0.570. The van der Waals surface area contributed by atoms with Crippen molar-refractivity contribution in [1.82, 2.24) is 0 Å². The van der Waals surface area contributed by atoms with Crippen LogP contribution in [0.4, 0.5) is 0 Å². The molecule has 0 fully saturated rings. The van der Waals surface area contributed by atoms with Gasteiger partial charge in [-0.3, -0.25) is 4.79 Å². The number of ether oxygens (including phenoxy) is 2. The molecule has 1 atom stereocenters. The average molecular weight is 216 g/mol. The van der Waals surface area contributed by atoms with E-state index >= 15 is 0 Å². The Bertz CT molecular complexity index is 157. The van der Waals surface area contributed by atoms with Gasteiger partial charge in [0.15, 0.2) is 0 Å². The molecule has 0 aromatic heterocycles.